The molecule has 2 aromatic carbocycles. The van der Waals surface area contributed by atoms with Crippen molar-refractivity contribution in [2.45, 2.75) is 30.8 Å². The van der Waals surface area contributed by atoms with E-state index in [1.807, 2.05) is 42.5 Å². The van der Waals surface area contributed by atoms with Crippen molar-refractivity contribution in [2.75, 3.05) is 0 Å². The van der Waals surface area contributed by atoms with Crippen LogP contribution in [0.2, 0.25) is 0 Å². The van der Waals surface area contributed by atoms with E-state index < -0.39 is 0 Å². The van der Waals surface area contributed by atoms with Crippen molar-refractivity contribution < 1.29 is 4.42 Å². The third-order valence-electron chi connectivity index (χ3n) is 4.74. The Balaban J connectivity index is 1.42. The van der Waals surface area contributed by atoms with E-state index in [-0.39, 0.29) is 0 Å². The first-order chi connectivity index (χ1) is 14.3. The third kappa shape index (κ3) is 3.38. The van der Waals surface area contributed by atoms with Gasteiger partial charge in [-0.3, -0.25) is 0 Å². The summed E-state index contributed by atoms with van der Waals surface area (Å²) in [7, 11) is 0. The lowest BCUT2D eigenvalue weighted by Gasteiger charge is -2.04. The maximum atomic E-state index is 5.88. The van der Waals surface area contributed by atoms with Crippen LogP contribution in [0, 0.1) is 0 Å². The number of hydrogen-bond acceptors (Lipinski definition) is 6. The van der Waals surface area contributed by atoms with E-state index >= 15 is 0 Å². The number of thioether (sulfide) groups is 1. The predicted octanol–water partition coefficient (Wildman–Crippen LogP) is 5.34. The van der Waals surface area contributed by atoms with E-state index in [1.54, 1.807) is 6.20 Å². The smallest absolute Gasteiger partial charge is 0.211 e. The number of aromatic nitrogens is 5. The second-order valence-electron chi connectivity index (χ2n) is 6.71. The first-order valence-electron chi connectivity index (χ1n) is 9.58. The Labute approximate surface area is 172 Å². The molecule has 0 aliphatic heterocycles. The van der Waals surface area contributed by atoms with Crippen molar-refractivity contribution in [1.29, 1.82) is 0 Å². The molecule has 0 N–H and O–H groups in total. The SMILES string of the molecule is CCCn1c2ccccc2c2nnc(SCc3ncc(-c4ccccc4)o3)nc21. The van der Waals surface area contributed by atoms with Gasteiger partial charge in [0.2, 0.25) is 11.0 Å². The molecule has 0 spiro atoms. The lowest BCUT2D eigenvalue weighted by molar-refractivity contribution is 0.529. The fourth-order valence-corrected chi connectivity index (χ4v) is 4.08. The zero-order chi connectivity index (χ0) is 19.6. The summed E-state index contributed by atoms with van der Waals surface area (Å²) in [6.07, 6.45) is 2.78. The quantitative estimate of drug-likeness (QED) is 0.358. The summed E-state index contributed by atoms with van der Waals surface area (Å²) in [5.74, 6) is 1.96. The normalized spacial score (nSPS) is 11.5. The van der Waals surface area contributed by atoms with Crippen LogP contribution in [-0.4, -0.2) is 24.7 Å². The Morgan fingerprint density at radius 1 is 1.00 bits per heavy atom. The minimum Gasteiger partial charge on any atom is -0.440 e. The molecule has 7 heteroatoms. The summed E-state index contributed by atoms with van der Waals surface area (Å²) in [4.78, 5) is 9.18. The lowest BCUT2D eigenvalue weighted by atomic mass is 10.2. The molecule has 0 saturated carbocycles. The molecule has 0 atom stereocenters. The van der Waals surface area contributed by atoms with E-state index in [9.17, 15) is 0 Å². The van der Waals surface area contributed by atoms with Crippen LogP contribution in [0.3, 0.4) is 0 Å². The summed E-state index contributed by atoms with van der Waals surface area (Å²) >= 11 is 1.48. The lowest BCUT2D eigenvalue weighted by Crippen LogP contribution is -2.00. The van der Waals surface area contributed by atoms with Crippen LogP contribution < -0.4 is 0 Å². The molecule has 3 heterocycles. The van der Waals surface area contributed by atoms with E-state index in [2.05, 4.69) is 38.8 Å². The number of rotatable bonds is 6. The van der Waals surface area contributed by atoms with Gasteiger partial charge in [-0.05, 0) is 12.5 Å². The second kappa shape index (κ2) is 7.67. The zero-order valence-electron chi connectivity index (χ0n) is 15.9. The minimum atomic E-state index is 0.550. The van der Waals surface area contributed by atoms with Crippen molar-refractivity contribution in [3.8, 4) is 11.3 Å². The van der Waals surface area contributed by atoms with Gasteiger partial charge in [-0.15, -0.1) is 10.2 Å². The Morgan fingerprint density at radius 3 is 2.69 bits per heavy atom. The molecule has 0 fully saturated rings. The highest BCUT2D eigenvalue weighted by Crippen LogP contribution is 2.28. The molecule has 0 saturated heterocycles. The van der Waals surface area contributed by atoms with Gasteiger partial charge in [0.25, 0.3) is 0 Å². The monoisotopic (exact) mass is 401 g/mol. The van der Waals surface area contributed by atoms with Crippen molar-refractivity contribution in [1.82, 2.24) is 24.7 Å². The van der Waals surface area contributed by atoms with Crippen molar-refractivity contribution in [3.05, 3.63) is 66.7 Å². The average molecular weight is 401 g/mol. The standard InChI is InChI=1S/C22H19N5OS/c1-2-12-27-17-11-7-6-10-16(17)20-21(27)24-22(26-25-20)29-14-19-23-13-18(28-19)15-8-4-3-5-9-15/h3-11,13H,2,12,14H2,1H3. The second-order valence-corrected chi connectivity index (χ2v) is 7.65. The predicted molar refractivity (Wildman–Crippen MR) is 115 cm³/mol. The summed E-state index contributed by atoms with van der Waals surface area (Å²) in [6.45, 7) is 3.06. The molecule has 0 aliphatic rings. The van der Waals surface area contributed by atoms with Crippen LogP contribution in [0.15, 0.2) is 70.4 Å². The number of hydrogen-bond donors (Lipinski definition) is 0. The highest BCUT2D eigenvalue weighted by Gasteiger charge is 2.15. The average Bonchev–Trinajstić information content (AvgIpc) is 3.37. The number of aryl methyl sites for hydroxylation is 1. The van der Waals surface area contributed by atoms with Gasteiger partial charge in [0.05, 0.1) is 17.5 Å². The van der Waals surface area contributed by atoms with Gasteiger partial charge in [-0.2, -0.15) is 0 Å². The van der Waals surface area contributed by atoms with Crippen LogP contribution in [0.4, 0.5) is 0 Å². The van der Waals surface area contributed by atoms with Gasteiger partial charge in [-0.25, -0.2) is 9.97 Å². The summed E-state index contributed by atoms with van der Waals surface area (Å²) in [5.41, 5.74) is 3.89. The molecule has 0 aliphatic carbocycles. The van der Waals surface area contributed by atoms with Gasteiger partial charge in [0.1, 0.15) is 5.52 Å². The van der Waals surface area contributed by atoms with E-state index in [0.717, 1.165) is 46.4 Å². The van der Waals surface area contributed by atoms with E-state index in [1.165, 1.54) is 11.8 Å². The molecule has 0 amide bonds. The molecule has 5 aromatic rings. The van der Waals surface area contributed by atoms with Crippen molar-refractivity contribution >= 4 is 33.8 Å². The number of benzene rings is 2. The first kappa shape index (κ1) is 17.9. The molecule has 144 valence electrons. The Morgan fingerprint density at radius 2 is 1.83 bits per heavy atom. The molecular weight excluding hydrogens is 382 g/mol. The molecular formula is C22H19N5OS. The summed E-state index contributed by atoms with van der Waals surface area (Å²) < 4.78 is 8.10. The Bertz CT molecular complexity index is 1280. The number of fused-ring (bicyclic) bond motifs is 3. The number of para-hydroxylation sites is 1. The summed E-state index contributed by atoms with van der Waals surface area (Å²) in [6, 6.07) is 18.2. The van der Waals surface area contributed by atoms with Crippen LogP contribution in [-0.2, 0) is 12.3 Å². The Kier molecular flexibility index (Phi) is 4.73. The van der Waals surface area contributed by atoms with Gasteiger partial charge in [0.15, 0.2) is 11.4 Å². The zero-order valence-corrected chi connectivity index (χ0v) is 16.8. The van der Waals surface area contributed by atoms with E-state index in [0.29, 0.717) is 16.8 Å². The molecule has 29 heavy (non-hydrogen) atoms. The fourth-order valence-electron chi connectivity index (χ4n) is 3.44. The largest absolute Gasteiger partial charge is 0.440 e. The van der Waals surface area contributed by atoms with E-state index in [4.69, 9.17) is 9.40 Å². The van der Waals surface area contributed by atoms with Crippen molar-refractivity contribution in [2.24, 2.45) is 0 Å². The minimum absolute atomic E-state index is 0.550. The molecule has 3 aromatic heterocycles. The molecule has 0 bridgehead atoms. The fraction of sp³-hybridized carbons (Fsp3) is 0.182. The maximum absolute atomic E-state index is 5.88. The van der Waals surface area contributed by atoms with Crippen molar-refractivity contribution in [3.63, 3.8) is 0 Å². The Hall–Kier alpha value is -3.19. The highest BCUT2D eigenvalue weighted by molar-refractivity contribution is 7.98. The van der Waals surface area contributed by atoms with Crippen LogP contribution in [0.25, 0.3) is 33.4 Å². The molecule has 0 radical (unpaired) electrons. The molecule has 0 unspecified atom stereocenters. The maximum Gasteiger partial charge on any atom is 0.211 e. The first-order valence-corrected chi connectivity index (χ1v) is 10.6. The molecule has 5 rings (SSSR count). The van der Waals surface area contributed by atoms with Gasteiger partial charge >= 0.3 is 0 Å². The van der Waals surface area contributed by atoms with Gasteiger partial charge < -0.3 is 8.98 Å². The third-order valence-corrected chi connectivity index (χ3v) is 5.56. The van der Waals surface area contributed by atoms with Crippen LogP contribution in [0.1, 0.15) is 19.2 Å². The van der Waals surface area contributed by atoms with Gasteiger partial charge in [0, 0.05) is 17.5 Å². The molecule has 6 nitrogen and oxygen atoms in total. The van der Waals surface area contributed by atoms with Gasteiger partial charge in [-0.1, -0.05) is 67.2 Å². The highest BCUT2D eigenvalue weighted by atomic mass is 32.2. The summed E-state index contributed by atoms with van der Waals surface area (Å²) in [5, 5.41) is 10.5. The van der Waals surface area contributed by atoms with Crippen LogP contribution >= 0.6 is 11.8 Å². The number of oxazole rings is 1. The topological polar surface area (TPSA) is 69.6 Å². The number of nitrogens with zero attached hydrogens (tertiary/aromatic N) is 5. The van der Waals surface area contributed by atoms with Crippen LogP contribution in [0.5, 0.6) is 0 Å².